The number of rotatable bonds is 5. The van der Waals surface area contributed by atoms with E-state index in [9.17, 15) is 4.79 Å². The molecule has 0 spiro atoms. The van der Waals surface area contributed by atoms with Crippen molar-refractivity contribution in [2.24, 2.45) is 0 Å². The first-order chi connectivity index (χ1) is 13.2. The fourth-order valence-corrected chi connectivity index (χ4v) is 3.23. The van der Waals surface area contributed by atoms with Gasteiger partial charge in [0.2, 0.25) is 6.79 Å². The summed E-state index contributed by atoms with van der Waals surface area (Å²) in [6, 6.07) is 9.20. The van der Waals surface area contributed by atoms with Crippen LogP contribution in [0.4, 0.5) is 0 Å². The number of carbonyl (C=O) groups is 1. The molecule has 0 saturated heterocycles. The summed E-state index contributed by atoms with van der Waals surface area (Å²) in [4.78, 5) is 15.7. The number of carbonyl (C=O) groups excluding carboxylic acids is 1. The van der Waals surface area contributed by atoms with Gasteiger partial charge in [0.25, 0.3) is 0 Å². The first-order valence-electron chi connectivity index (χ1n) is 8.51. The van der Waals surface area contributed by atoms with Crippen molar-refractivity contribution in [3.8, 4) is 34.1 Å². The van der Waals surface area contributed by atoms with Crippen LogP contribution in [0.1, 0.15) is 17.4 Å². The van der Waals surface area contributed by atoms with Crippen LogP contribution < -0.4 is 18.9 Å². The molecule has 1 aliphatic heterocycles. The minimum atomic E-state index is -0.431. The maximum absolute atomic E-state index is 12.6. The number of fused-ring (bicyclic) bond motifs is 2. The SMILES string of the molecule is CCOC(=O)c1[nH]c2cc(OC)c(OC)cc2c1-c1ccc2c(c1)OCO2. The first kappa shape index (κ1) is 17.1. The van der Waals surface area contributed by atoms with E-state index in [1.165, 1.54) is 0 Å². The average Bonchev–Trinajstić information content (AvgIpc) is 3.30. The second-order valence-corrected chi connectivity index (χ2v) is 5.92. The van der Waals surface area contributed by atoms with Crippen LogP contribution in [0.25, 0.3) is 22.0 Å². The normalized spacial score (nSPS) is 12.3. The molecule has 7 heteroatoms. The lowest BCUT2D eigenvalue weighted by atomic mass is 10.0. The number of nitrogens with one attached hydrogen (secondary N) is 1. The van der Waals surface area contributed by atoms with Crippen molar-refractivity contribution in [2.45, 2.75) is 6.92 Å². The standard InChI is InChI=1S/C20H19NO6/c1-4-25-20(22)19-18(11-5-6-14-17(7-11)27-10-26-14)12-8-15(23-2)16(24-3)9-13(12)21-19/h5-9,21H,4,10H2,1-3H3. The molecule has 2 aromatic carbocycles. The Bertz CT molecular complexity index is 1020. The number of methoxy groups -OCH3 is 2. The molecule has 0 saturated carbocycles. The quantitative estimate of drug-likeness (QED) is 0.690. The largest absolute Gasteiger partial charge is 0.493 e. The Hall–Kier alpha value is -3.35. The lowest BCUT2D eigenvalue weighted by Crippen LogP contribution is -2.06. The summed E-state index contributed by atoms with van der Waals surface area (Å²) in [5.41, 5.74) is 2.62. The van der Waals surface area contributed by atoms with E-state index in [-0.39, 0.29) is 13.4 Å². The molecule has 3 aromatic rings. The number of aromatic nitrogens is 1. The summed E-state index contributed by atoms with van der Waals surface area (Å²) in [5, 5.41) is 0.814. The van der Waals surface area contributed by atoms with Crippen molar-refractivity contribution in [1.29, 1.82) is 0 Å². The van der Waals surface area contributed by atoms with Crippen molar-refractivity contribution in [3.63, 3.8) is 0 Å². The number of ether oxygens (including phenoxy) is 5. The summed E-state index contributed by atoms with van der Waals surface area (Å²) < 4.78 is 26.9. The van der Waals surface area contributed by atoms with Crippen LogP contribution in [-0.4, -0.2) is 38.6 Å². The highest BCUT2D eigenvalue weighted by molar-refractivity contribution is 6.09. The van der Waals surface area contributed by atoms with E-state index >= 15 is 0 Å². The monoisotopic (exact) mass is 369 g/mol. The van der Waals surface area contributed by atoms with Crippen molar-refractivity contribution < 1.29 is 28.5 Å². The number of esters is 1. The molecule has 2 heterocycles. The lowest BCUT2D eigenvalue weighted by molar-refractivity contribution is 0.0521. The topological polar surface area (TPSA) is 79.0 Å². The second kappa shape index (κ2) is 6.75. The van der Waals surface area contributed by atoms with Gasteiger partial charge in [0.1, 0.15) is 5.69 Å². The number of hydrogen-bond donors (Lipinski definition) is 1. The Morgan fingerprint density at radius 3 is 2.56 bits per heavy atom. The number of hydrogen-bond acceptors (Lipinski definition) is 6. The van der Waals surface area contributed by atoms with E-state index in [0.29, 0.717) is 34.3 Å². The Labute approximate surface area is 155 Å². The second-order valence-electron chi connectivity index (χ2n) is 5.92. The molecule has 0 amide bonds. The third-order valence-corrected chi connectivity index (χ3v) is 4.44. The summed E-state index contributed by atoms with van der Waals surface area (Å²) >= 11 is 0. The highest BCUT2D eigenvalue weighted by Crippen LogP contribution is 2.42. The molecule has 0 aliphatic carbocycles. The molecule has 140 valence electrons. The predicted octanol–water partition coefficient (Wildman–Crippen LogP) is 3.76. The predicted molar refractivity (Wildman–Crippen MR) is 98.9 cm³/mol. The van der Waals surface area contributed by atoms with Gasteiger partial charge in [0.05, 0.1) is 26.3 Å². The van der Waals surface area contributed by atoms with Crippen molar-refractivity contribution >= 4 is 16.9 Å². The summed E-state index contributed by atoms with van der Waals surface area (Å²) in [5.74, 6) is 2.02. The van der Waals surface area contributed by atoms with E-state index in [0.717, 1.165) is 16.5 Å². The molecule has 0 bridgehead atoms. The number of H-pyrrole nitrogens is 1. The van der Waals surface area contributed by atoms with Crippen LogP contribution in [0.15, 0.2) is 30.3 Å². The van der Waals surface area contributed by atoms with Gasteiger partial charge in [-0.1, -0.05) is 6.07 Å². The van der Waals surface area contributed by atoms with Gasteiger partial charge in [-0.3, -0.25) is 0 Å². The number of benzene rings is 2. The zero-order valence-corrected chi connectivity index (χ0v) is 15.3. The van der Waals surface area contributed by atoms with Crippen LogP contribution in [0.2, 0.25) is 0 Å². The Kier molecular flexibility index (Phi) is 4.27. The van der Waals surface area contributed by atoms with Crippen LogP contribution in [0, 0.1) is 0 Å². The minimum Gasteiger partial charge on any atom is -0.493 e. The third-order valence-electron chi connectivity index (χ3n) is 4.44. The lowest BCUT2D eigenvalue weighted by Gasteiger charge is -2.09. The van der Waals surface area contributed by atoms with Gasteiger partial charge in [0.15, 0.2) is 23.0 Å². The maximum atomic E-state index is 12.6. The van der Waals surface area contributed by atoms with Crippen LogP contribution >= 0.6 is 0 Å². The van der Waals surface area contributed by atoms with E-state index in [2.05, 4.69) is 4.98 Å². The van der Waals surface area contributed by atoms with Gasteiger partial charge in [-0.25, -0.2) is 4.79 Å². The van der Waals surface area contributed by atoms with Gasteiger partial charge in [-0.05, 0) is 30.7 Å². The molecule has 1 N–H and O–H groups in total. The molecule has 1 aliphatic rings. The molecule has 0 fully saturated rings. The fourth-order valence-electron chi connectivity index (χ4n) is 3.23. The smallest absolute Gasteiger partial charge is 0.355 e. The highest BCUT2D eigenvalue weighted by Gasteiger charge is 2.24. The van der Waals surface area contributed by atoms with Crippen LogP contribution in [0.3, 0.4) is 0 Å². The van der Waals surface area contributed by atoms with Gasteiger partial charge < -0.3 is 28.7 Å². The molecule has 0 unspecified atom stereocenters. The van der Waals surface area contributed by atoms with E-state index in [1.54, 1.807) is 27.2 Å². The molecule has 1 aromatic heterocycles. The summed E-state index contributed by atoms with van der Waals surface area (Å²) in [6.45, 7) is 2.23. The molecule has 0 atom stereocenters. The van der Waals surface area contributed by atoms with Gasteiger partial charge in [0, 0.05) is 17.0 Å². The third kappa shape index (κ3) is 2.81. The molecule has 7 nitrogen and oxygen atoms in total. The highest BCUT2D eigenvalue weighted by atomic mass is 16.7. The van der Waals surface area contributed by atoms with Crippen molar-refractivity contribution in [3.05, 3.63) is 36.0 Å². The minimum absolute atomic E-state index is 0.183. The average molecular weight is 369 g/mol. The van der Waals surface area contributed by atoms with E-state index < -0.39 is 5.97 Å². The number of aromatic amines is 1. The van der Waals surface area contributed by atoms with Crippen LogP contribution in [0.5, 0.6) is 23.0 Å². The zero-order chi connectivity index (χ0) is 19.0. The Morgan fingerprint density at radius 1 is 1.07 bits per heavy atom. The molecule has 27 heavy (non-hydrogen) atoms. The molecular weight excluding hydrogens is 350 g/mol. The molecular formula is C20H19NO6. The summed E-state index contributed by atoms with van der Waals surface area (Å²) in [6.07, 6.45) is 0. The summed E-state index contributed by atoms with van der Waals surface area (Å²) in [7, 11) is 3.14. The Morgan fingerprint density at radius 2 is 1.81 bits per heavy atom. The molecule has 4 rings (SSSR count). The van der Waals surface area contributed by atoms with Gasteiger partial charge in [-0.2, -0.15) is 0 Å². The van der Waals surface area contributed by atoms with E-state index in [4.69, 9.17) is 23.7 Å². The van der Waals surface area contributed by atoms with Crippen LogP contribution in [-0.2, 0) is 4.74 Å². The van der Waals surface area contributed by atoms with E-state index in [1.807, 2.05) is 24.3 Å². The first-order valence-corrected chi connectivity index (χ1v) is 8.51. The van der Waals surface area contributed by atoms with Gasteiger partial charge in [-0.15, -0.1) is 0 Å². The van der Waals surface area contributed by atoms with Crippen molar-refractivity contribution in [1.82, 2.24) is 4.98 Å². The Balaban J connectivity index is 1.97. The maximum Gasteiger partial charge on any atom is 0.355 e. The van der Waals surface area contributed by atoms with Gasteiger partial charge >= 0.3 is 5.97 Å². The van der Waals surface area contributed by atoms with Crippen molar-refractivity contribution in [2.75, 3.05) is 27.6 Å². The zero-order valence-electron chi connectivity index (χ0n) is 15.3. The fraction of sp³-hybridized carbons (Fsp3) is 0.250. The molecule has 0 radical (unpaired) electrons.